The Morgan fingerprint density at radius 2 is 1.55 bits per heavy atom. The van der Waals surface area contributed by atoms with Gasteiger partial charge in [0.25, 0.3) is 11.8 Å². The first-order chi connectivity index (χ1) is 10.3. The first-order valence-corrected chi connectivity index (χ1v) is 7.85. The highest BCUT2D eigenvalue weighted by Crippen LogP contribution is 2.21. The van der Waals surface area contributed by atoms with E-state index in [-0.39, 0.29) is 17.8 Å². The van der Waals surface area contributed by atoms with E-state index in [1.54, 1.807) is 0 Å². The summed E-state index contributed by atoms with van der Waals surface area (Å²) < 4.78 is 0. The van der Waals surface area contributed by atoms with Crippen LogP contribution in [0.15, 0.2) is 12.2 Å². The zero-order chi connectivity index (χ0) is 16.6. The fourth-order valence-electron chi connectivity index (χ4n) is 2.14. The van der Waals surface area contributed by atoms with Crippen LogP contribution in [0.5, 0.6) is 0 Å². The number of carbonyl (C=O) groups excluding carboxylic acids is 3. The number of hydrogen-bond donors (Lipinski definition) is 2. The fraction of sp³-hybridized carbons (Fsp3) is 0.688. The fourth-order valence-corrected chi connectivity index (χ4v) is 2.14. The van der Waals surface area contributed by atoms with Crippen LogP contribution in [0.3, 0.4) is 0 Å². The molecule has 0 aliphatic carbocycles. The van der Waals surface area contributed by atoms with Gasteiger partial charge in [-0.2, -0.15) is 0 Å². The van der Waals surface area contributed by atoms with Gasteiger partial charge in [0.1, 0.15) is 0 Å². The molecule has 0 aromatic rings. The number of carbonyl (C=O) groups is 3. The Labute approximate surface area is 132 Å². The standard InChI is InChI=1S/C16H27N3O3/c1-16(2,3)9-4-5-10-17-15(22)18-11-6-12-19-13(20)7-8-14(19)21/h7-8H,4-6,9-12H2,1-3H3,(H2,17,18,22). The number of hydrogen-bond acceptors (Lipinski definition) is 3. The number of amides is 4. The number of nitrogens with zero attached hydrogens (tertiary/aromatic N) is 1. The molecule has 2 N–H and O–H groups in total. The molecule has 0 saturated heterocycles. The SMILES string of the molecule is CC(C)(C)CCCCNC(=O)NCCCN1C(=O)C=CC1=O. The van der Waals surface area contributed by atoms with Crippen molar-refractivity contribution in [2.24, 2.45) is 5.41 Å². The lowest BCUT2D eigenvalue weighted by Gasteiger charge is -2.17. The van der Waals surface area contributed by atoms with E-state index in [9.17, 15) is 14.4 Å². The van der Waals surface area contributed by atoms with E-state index in [0.29, 0.717) is 31.5 Å². The Hall–Kier alpha value is -1.85. The molecule has 4 amide bonds. The normalized spacial score (nSPS) is 14.6. The molecule has 6 nitrogen and oxygen atoms in total. The van der Waals surface area contributed by atoms with Gasteiger partial charge >= 0.3 is 6.03 Å². The summed E-state index contributed by atoms with van der Waals surface area (Å²) in [6.07, 6.45) is 6.28. The van der Waals surface area contributed by atoms with Crippen molar-refractivity contribution in [3.8, 4) is 0 Å². The molecule has 0 radical (unpaired) electrons. The second-order valence-electron chi connectivity index (χ2n) is 6.72. The van der Waals surface area contributed by atoms with Crippen molar-refractivity contribution in [3.63, 3.8) is 0 Å². The van der Waals surface area contributed by atoms with Crippen molar-refractivity contribution in [1.29, 1.82) is 0 Å². The van der Waals surface area contributed by atoms with Crippen LogP contribution in [0.25, 0.3) is 0 Å². The molecule has 0 atom stereocenters. The molecule has 0 aromatic heterocycles. The van der Waals surface area contributed by atoms with E-state index in [1.165, 1.54) is 17.1 Å². The van der Waals surface area contributed by atoms with E-state index < -0.39 is 0 Å². The van der Waals surface area contributed by atoms with Crippen LogP contribution in [-0.2, 0) is 9.59 Å². The summed E-state index contributed by atoms with van der Waals surface area (Å²) in [6, 6.07) is -0.201. The van der Waals surface area contributed by atoms with E-state index in [2.05, 4.69) is 31.4 Å². The Kier molecular flexibility index (Phi) is 7.08. The van der Waals surface area contributed by atoms with Crippen LogP contribution < -0.4 is 10.6 Å². The maximum absolute atomic E-state index is 11.5. The molecule has 0 spiro atoms. The van der Waals surface area contributed by atoms with Crippen molar-refractivity contribution < 1.29 is 14.4 Å². The first kappa shape index (κ1) is 18.2. The van der Waals surface area contributed by atoms with Crippen LogP contribution in [0.4, 0.5) is 4.79 Å². The quantitative estimate of drug-likeness (QED) is 0.530. The third-order valence-electron chi connectivity index (χ3n) is 3.38. The van der Waals surface area contributed by atoms with Crippen LogP contribution in [0.2, 0.25) is 0 Å². The highest BCUT2D eigenvalue weighted by atomic mass is 16.2. The summed E-state index contributed by atoms with van der Waals surface area (Å²) in [5.74, 6) is -0.568. The molecule has 1 rings (SSSR count). The second-order valence-corrected chi connectivity index (χ2v) is 6.72. The summed E-state index contributed by atoms with van der Waals surface area (Å²) in [6.45, 7) is 8.05. The Morgan fingerprint density at radius 1 is 1.00 bits per heavy atom. The highest BCUT2D eigenvalue weighted by molar-refractivity contribution is 6.12. The maximum Gasteiger partial charge on any atom is 0.314 e. The average molecular weight is 309 g/mol. The zero-order valence-electron chi connectivity index (χ0n) is 13.8. The summed E-state index contributed by atoms with van der Waals surface area (Å²) >= 11 is 0. The minimum Gasteiger partial charge on any atom is -0.338 e. The molecule has 0 fully saturated rings. The zero-order valence-corrected chi connectivity index (χ0v) is 13.8. The van der Waals surface area contributed by atoms with Crippen LogP contribution in [-0.4, -0.2) is 42.4 Å². The number of imide groups is 1. The van der Waals surface area contributed by atoms with Crippen molar-refractivity contribution in [2.75, 3.05) is 19.6 Å². The Morgan fingerprint density at radius 3 is 2.09 bits per heavy atom. The highest BCUT2D eigenvalue weighted by Gasteiger charge is 2.22. The van der Waals surface area contributed by atoms with Gasteiger partial charge < -0.3 is 10.6 Å². The summed E-state index contributed by atoms with van der Waals surface area (Å²) in [5.41, 5.74) is 0.335. The number of nitrogens with one attached hydrogen (secondary N) is 2. The number of unbranched alkanes of at least 4 members (excludes halogenated alkanes) is 1. The molecule has 0 bridgehead atoms. The van der Waals surface area contributed by atoms with Gasteiger partial charge in [-0.15, -0.1) is 0 Å². The largest absolute Gasteiger partial charge is 0.338 e. The van der Waals surface area contributed by atoms with Gasteiger partial charge in [0.15, 0.2) is 0 Å². The van der Waals surface area contributed by atoms with Gasteiger partial charge in [-0.1, -0.05) is 27.2 Å². The summed E-state index contributed by atoms with van der Waals surface area (Å²) in [7, 11) is 0. The third kappa shape index (κ3) is 7.24. The molecule has 1 heterocycles. The van der Waals surface area contributed by atoms with Gasteiger partial charge in [0.2, 0.25) is 0 Å². The maximum atomic E-state index is 11.5. The Bertz CT molecular complexity index is 420. The van der Waals surface area contributed by atoms with Gasteiger partial charge in [-0.3, -0.25) is 14.5 Å². The van der Waals surface area contributed by atoms with Crippen molar-refractivity contribution in [3.05, 3.63) is 12.2 Å². The number of urea groups is 1. The molecular weight excluding hydrogens is 282 g/mol. The van der Waals surface area contributed by atoms with Crippen molar-refractivity contribution >= 4 is 17.8 Å². The lowest BCUT2D eigenvalue weighted by Crippen LogP contribution is -2.38. The molecule has 0 unspecified atom stereocenters. The average Bonchev–Trinajstić information content (AvgIpc) is 2.73. The third-order valence-corrected chi connectivity index (χ3v) is 3.38. The van der Waals surface area contributed by atoms with Gasteiger partial charge in [0, 0.05) is 31.8 Å². The van der Waals surface area contributed by atoms with Crippen molar-refractivity contribution in [2.45, 2.75) is 46.5 Å². The predicted molar refractivity (Wildman–Crippen MR) is 85.2 cm³/mol. The molecule has 1 aliphatic rings. The van der Waals surface area contributed by atoms with Crippen LogP contribution in [0.1, 0.15) is 46.5 Å². The molecule has 124 valence electrons. The van der Waals surface area contributed by atoms with E-state index in [0.717, 1.165) is 19.3 Å². The van der Waals surface area contributed by atoms with Gasteiger partial charge in [-0.05, 0) is 24.7 Å². The molecule has 0 saturated carbocycles. The van der Waals surface area contributed by atoms with Gasteiger partial charge in [-0.25, -0.2) is 4.79 Å². The van der Waals surface area contributed by atoms with E-state index >= 15 is 0 Å². The van der Waals surface area contributed by atoms with Crippen LogP contribution in [0, 0.1) is 5.41 Å². The topological polar surface area (TPSA) is 78.5 Å². The second kappa shape index (κ2) is 8.56. The number of rotatable bonds is 8. The monoisotopic (exact) mass is 309 g/mol. The van der Waals surface area contributed by atoms with E-state index in [1.807, 2.05) is 0 Å². The van der Waals surface area contributed by atoms with E-state index in [4.69, 9.17) is 0 Å². The molecule has 6 heteroatoms. The van der Waals surface area contributed by atoms with Crippen molar-refractivity contribution in [1.82, 2.24) is 15.5 Å². The lowest BCUT2D eigenvalue weighted by molar-refractivity contribution is -0.136. The minimum atomic E-state index is -0.284. The lowest BCUT2D eigenvalue weighted by atomic mass is 9.90. The van der Waals surface area contributed by atoms with Gasteiger partial charge in [0.05, 0.1) is 0 Å². The molecular formula is C16H27N3O3. The Balaban J connectivity index is 2.00. The first-order valence-electron chi connectivity index (χ1n) is 7.85. The minimum absolute atomic E-state index is 0.201. The predicted octanol–water partition coefficient (Wildman–Crippen LogP) is 1.82. The molecule has 22 heavy (non-hydrogen) atoms. The van der Waals surface area contributed by atoms with Crippen LogP contribution >= 0.6 is 0 Å². The molecule has 0 aromatic carbocycles. The summed E-state index contributed by atoms with van der Waals surface area (Å²) in [5, 5.41) is 5.53. The molecule has 1 aliphatic heterocycles. The smallest absolute Gasteiger partial charge is 0.314 e. The summed E-state index contributed by atoms with van der Waals surface area (Å²) in [4.78, 5) is 35.3.